The van der Waals surface area contributed by atoms with Crippen molar-refractivity contribution in [3.63, 3.8) is 0 Å². The van der Waals surface area contributed by atoms with E-state index in [9.17, 15) is 4.79 Å². The highest BCUT2D eigenvalue weighted by Crippen LogP contribution is 2.27. The summed E-state index contributed by atoms with van der Waals surface area (Å²) in [7, 11) is 1.77. The zero-order valence-corrected chi connectivity index (χ0v) is 9.24. The van der Waals surface area contributed by atoms with Crippen molar-refractivity contribution < 1.29 is 4.79 Å². The highest BCUT2D eigenvalue weighted by molar-refractivity contribution is 5.80. The fourth-order valence-corrected chi connectivity index (χ4v) is 1.37. The Labute approximate surface area is 88.6 Å². The Morgan fingerprint density at radius 2 is 2.20 bits per heavy atom. The molecule has 0 spiro atoms. The molecule has 0 aromatic carbocycles. The minimum Gasteiger partial charge on any atom is -0.394 e. The average Bonchev–Trinajstić information content (AvgIpc) is 2.39. The summed E-state index contributed by atoms with van der Waals surface area (Å²) in [6.07, 6.45) is 0. The lowest BCUT2D eigenvalue weighted by molar-refractivity contribution is -0.116. The summed E-state index contributed by atoms with van der Waals surface area (Å²) < 4.78 is 1.62. The number of aryl methyl sites for hydroxylation is 1. The van der Waals surface area contributed by atoms with Crippen LogP contribution in [0.5, 0.6) is 0 Å². The minimum absolute atomic E-state index is 0.0568. The van der Waals surface area contributed by atoms with Gasteiger partial charge in [-0.15, -0.1) is 0 Å². The van der Waals surface area contributed by atoms with Crippen molar-refractivity contribution in [1.29, 1.82) is 0 Å². The molecular weight excluding hydrogens is 194 g/mol. The van der Waals surface area contributed by atoms with Crippen molar-refractivity contribution in [2.75, 3.05) is 17.6 Å². The lowest BCUT2D eigenvalue weighted by atomic mass is 10.1. The van der Waals surface area contributed by atoms with E-state index in [0.717, 1.165) is 5.69 Å². The van der Waals surface area contributed by atoms with Crippen molar-refractivity contribution in [2.45, 2.75) is 19.8 Å². The third kappa shape index (κ3) is 2.39. The van der Waals surface area contributed by atoms with E-state index in [4.69, 9.17) is 11.5 Å². The topological polar surface area (TPSA) is 99.0 Å². The first-order valence-corrected chi connectivity index (χ1v) is 4.78. The SMILES string of the molecule is CC(C)c1nn(C)c(NCC(N)=O)c1N. The summed E-state index contributed by atoms with van der Waals surface area (Å²) >= 11 is 0. The molecule has 0 aliphatic heterocycles. The van der Waals surface area contributed by atoms with Gasteiger partial charge < -0.3 is 16.8 Å². The van der Waals surface area contributed by atoms with Gasteiger partial charge in [-0.3, -0.25) is 9.48 Å². The fourth-order valence-electron chi connectivity index (χ4n) is 1.37. The van der Waals surface area contributed by atoms with Gasteiger partial charge in [0.25, 0.3) is 0 Å². The molecule has 1 heterocycles. The molecule has 5 N–H and O–H groups in total. The predicted octanol–water partition coefficient (Wildman–Crippen LogP) is 0.0229. The molecular formula is C9H17N5O. The maximum atomic E-state index is 10.6. The van der Waals surface area contributed by atoms with E-state index in [-0.39, 0.29) is 12.5 Å². The van der Waals surface area contributed by atoms with Crippen LogP contribution in [0.15, 0.2) is 0 Å². The van der Waals surface area contributed by atoms with E-state index in [1.54, 1.807) is 11.7 Å². The van der Waals surface area contributed by atoms with E-state index < -0.39 is 5.91 Å². The molecule has 6 heteroatoms. The van der Waals surface area contributed by atoms with Crippen LogP contribution in [-0.4, -0.2) is 22.2 Å². The predicted molar refractivity (Wildman–Crippen MR) is 59.4 cm³/mol. The van der Waals surface area contributed by atoms with Gasteiger partial charge in [0.15, 0.2) is 0 Å². The number of nitrogens with one attached hydrogen (secondary N) is 1. The van der Waals surface area contributed by atoms with E-state index in [0.29, 0.717) is 11.5 Å². The Balaban J connectivity index is 2.92. The van der Waals surface area contributed by atoms with Crippen molar-refractivity contribution in [2.24, 2.45) is 12.8 Å². The van der Waals surface area contributed by atoms with Crippen LogP contribution < -0.4 is 16.8 Å². The van der Waals surface area contributed by atoms with Gasteiger partial charge in [-0.1, -0.05) is 13.8 Å². The van der Waals surface area contributed by atoms with Gasteiger partial charge in [0, 0.05) is 7.05 Å². The van der Waals surface area contributed by atoms with Crippen molar-refractivity contribution >= 4 is 17.4 Å². The lowest BCUT2D eigenvalue weighted by Gasteiger charge is -2.05. The normalized spacial score (nSPS) is 10.7. The Morgan fingerprint density at radius 1 is 1.60 bits per heavy atom. The van der Waals surface area contributed by atoms with Crippen LogP contribution >= 0.6 is 0 Å². The van der Waals surface area contributed by atoms with Gasteiger partial charge in [0.05, 0.1) is 17.9 Å². The number of rotatable bonds is 4. The third-order valence-electron chi connectivity index (χ3n) is 2.09. The van der Waals surface area contributed by atoms with Gasteiger partial charge in [-0.25, -0.2) is 0 Å². The highest BCUT2D eigenvalue weighted by Gasteiger charge is 2.15. The smallest absolute Gasteiger partial charge is 0.236 e. The lowest BCUT2D eigenvalue weighted by Crippen LogP contribution is -2.23. The largest absolute Gasteiger partial charge is 0.394 e. The van der Waals surface area contributed by atoms with E-state index in [1.165, 1.54) is 0 Å². The summed E-state index contributed by atoms with van der Waals surface area (Å²) in [6, 6.07) is 0. The molecule has 0 unspecified atom stereocenters. The first-order valence-electron chi connectivity index (χ1n) is 4.78. The molecule has 0 saturated heterocycles. The number of carbonyl (C=O) groups is 1. The summed E-state index contributed by atoms with van der Waals surface area (Å²) in [4.78, 5) is 10.6. The average molecular weight is 211 g/mol. The first kappa shape index (κ1) is 11.4. The summed E-state index contributed by atoms with van der Waals surface area (Å²) in [5, 5.41) is 7.12. The molecule has 1 aromatic heterocycles. The Kier molecular flexibility index (Phi) is 3.18. The van der Waals surface area contributed by atoms with Gasteiger partial charge in [-0.05, 0) is 5.92 Å². The van der Waals surface area contributed by atoms with Crippen molar-refractivity contribution in [3.05, 3.63) is 5.69 Å². The van der Waals surface area contributed by atoms with Gasteiger partial charge >= 0.3 is 0 Å². The van der Waals surface area contributed by atoms with Crippen LogP contribution in [0.4, 0.5) is 11.5 Å². The van der Waals surface area contributed by atoms with Crippen LogP contribution in [0, 0.1) is 0 Å². The maximum absolute atomic E-state index is 10.6. The summed E-state index contributed by atoms with van der Waals surface area (Å²) in [6.45, 7) is 4.08. The molecule has 0 atom stereocenters. The highest BCUT2D eigenvalue weighted by atomic mass is 16.1. The number of nitrogen functional groups attached to an aromatic ring is 1. The number of hydrogen-bond acceptors (Lipinski definition) is 4. The minimum atomic E-state index is -0.429. The fraction of sp³-hybridized carbons (Fsp3) is 0.556. The number of hydrogen-bond donors (Lipinski definition) is 3. The zero-order chi connectivity index (χ0) is 11.6. The monoisotopic (exact) mass is 211 g/mol. The van der Waals surface area contributed by atoms with Crippen LogP contribution in [0.1, 0.15) is 25.5 Å². The van der Waals surface area contributed by atoms with Gasteiger partial charge in [0.1, 0.15) is 5.82 Å². The number of nitrogens with zero attached hydrogens (tertiary/aromatic N) is 2. The van der Waals surface area contributed by atoms with Crippen LogP contribution in [-0.2, 0) is 11.8 Å². The molecule has 84 valence electrons. The Morgan fingerprint density at radius 3 is 2.60 bits per heavy atom. The van der Waals surface area contributed by atoms with Crippen molar-refractivity contribution in [3.8, 4) is 0 Å². The molecule has 0 aliphatic carbocycles. The number of aromatic nitrogens is 2. The first-order chi connectivity index (χ1) is 6.93. The third-order valence-corrected chi connectivity index (χ3v) is 2.09. The molecule has 1 amide bonds. The number of carbonyl (C=O) groups excluding carboxylic acids is 1. The van der Waals surface area contributed by atoms with E-state index in [2.05, 4.69) is 10.4 Å². The standard InChI is InChI=1S/C9H17N5O/c1-5(2)8-7(11)9(14(3)13-8)12-4-6(10)15/h5,12H,4,11H2,1-3H3,(H2,10,15). The maximum Gasteiger partial charge on any atom is 0.236 e. The van der Waals surface area contributed by atoms with Crippen LogP contribution in [0.2, 0.25) is 0 Å². The number of primary amides is 1. The quantitative estimate of drug-likeness (QED) is 0.654. The molecule has 0 saturated carbocycles. The molecule has 1 rings (SSSR count). The van der Waals surface area contributed by atoms with Gasteiger partial charge in [-0.2, -0.15) is 5.10 Å². The molecule has 15 heavy (non-hydrogen) atoms. The van der Waals surface area contributed by atoms with Crippen LogP contribution in [0.25, 0.3) is 0 Å². The Hall–Kier alpha value is -1.72. The second-order valence-corrected chi connectivity index (χ2v) is 3.75. The number of anilines is 2. The van der Waals surface area contributed by atoms with E-state index in [1.807, 2.05) is 13.8 Å². The second-order valence-electron chi connectivity index (χ2n) is 3.75. The molecule has 0 aliphatic rings. The molecule has 0 radical (unpaired) electrons. The Bertz CT molecular complexity index is 369. The number of amides is 1. The molecule has 6 nitrogen and oxygen atoms in total. The summed E-state index contributed by atoms with van der Waals surface area (Å²) in [5.41, 5.74) is 12.3. The van der Waals surface area contributed by atoms with E-state index >= 15 is 0 Å². The number of nitrogens with two attached hydrogens (primary N) is 2. The molecule has 0 fully saturated rings. The molecule has 1 aromatic rings. The van der Waals surface area contributed by atoms with Crippen molar-refractivity contribution in [1.82, 2.24) is 9.78 Å². The summed E-state index contributed by atoms with van der Waals surface area (Å²) in [5.74, 6) is 0.458. The second kappa shape index (κ2) is 4.20. The zero-order valence-electron chi connectivity index (χ0n) is 9.24. The molecule has 0 bridgehead atoms. The van der Waals surface area contributed by atoms with Crippen LogP contribution in [0.3, 0.4) is 0 Å². The van der Waals surface area contributed by atoms with Gasteiger partial charge in [0.2, 0.25) is 5.91 Å².